The van der Waals surface area contributed by atoms with Gasteiger partial charge in [0.1, 0.15) is 5.82 Å². The molecule has 0 spiro atoms. The van der Waals surface area contributed by atoms with Crippen molar-refractivity contribution in [3.8, 4) is 5.69 Å². The fraction of sp³-hybridized carbons (Fsp3) is 0.250. The lowest BCUT2D eigenvalue weighted by Crippen LogP contribution is -2.05. The Kier molecular flexibility index (Phi) is 3.75. The Bertz CT molecular complexity index is 614. The summed E-state index contributed by atoms with van der Waals surface area (Å²) in [4.78, 5) is 0. The topological polar surface area (TPSA) is 43.8 Å². The zero-order valence-electron chi connectivity index (χ0n) is 10.2. The van der Waals surface area contributed by atoms with E-state index in [1.54, 1.807) is 0 Å². The highest BCUT2D eigenvalue weighted by Crippen LogP contribution is 2.28. The van der Waals surface area contributed by atoms with E-state index in [9.17, 15) is 13.2 Å². The monoisotopic (exact) mass is 381 g/mol. The highest BCUT2D eigenvalue weighted by molar-refractivity contribution is 14.1. The van der Waals surface area contributed by atoms with Gasteiger partial charge in [0.05, 0.1) is 15.0 Å². The van der Waals surface area contributed by atoms with Crippen LogP contribution in [-0.4, -0.2) is 9.78 Å². The molecule has 3 nitrogen and oxygen atoms in total. The minimum atomic E-state index is -1.51. The first kappa shape index (κ1) is 14.2. The fourth-order valence-electron chi connectivity index (χ4n) is 1.66. The second-order valence-electron chi connectivity index (χ2n) is 4.37. The van der Waals surface area contributed by atoms with Gasteiger partial charge in [-0.2, -0.15) is 5.10 Å². The van der Waals surface area contributed by atoms with Gasteiger partial charge in [0, 0.05) is 12.1 Å². The molecule has 0 atom stereocenters. The number of benzene rings is 1. The van der Waals surface area contributed by atoms with Crippen LogP contribution in [0.25, 0.3) is 5.69 Å². The van der Waals surface area contributed by atoms with E-state index in [0.717, 1.165) is 21.4 Å². The van der Waals surface area contributed by atoms with Gasteiger partial charge < -0.3 is 5.73 Å². The Labute approximate surface area is 121 Å². The van der Waals surface area contributed by atoms with Crippen LogP contribution in [0.15, 0.2) is 12.1 Å². The minimum absolute atomic E-state index is 0.0544. The van der Waals surface area contributed by atoms with Crippen LogP contribution in [0.2, 0.25) is 0 Å². The second kappa shape index (κ2) is 5.03. The van der Waals surface area contributed by atoms with E-state index >= 15 is 0 Å². The van der Waals surface area contributed by atoms with Crippen LogP contribution in [-0.2, 0) is 0 Å². The van der Waals surface area contributed by atoms with Gasteiger partial charge in [-0.25, -0.2) is 17.9 Å². The van der Waals surface area contributed by atoms with Gasteiger partial charge in [0.25, 0.3) is 0 Å². The Morgan fingerprint density at radius 2 is 1.74 bits per heavy atom. The van der Waals surface area contributed by atoms with E-state index in [2.05, 4.69) is 5.10 Å². The lowest BCUT2D eigenvalue weighted by molar-refractivity contribution is 0.446. The molecule has 0 bridgehead atoms. The summed E-state index contributed by atoms with van der Waals surface area (Å²) in [5, 5.41) is 4.22. The molecule has 0 aliphatic heterocycles. The van der Waals surface area contributed by atoms with E-state index in [0.29, 0.717) is 0 Å². The number of aromatic nitrogens is 2. The molecule has 0 amide bonds. The first-order valence-electron chi connectivity index (χ1n) is 5.51. The van der Waals surface area contributed by atoms with Crippen LogP contribution < -0.4 is 5.73 Å². The first-order valence-corrected chi connectivity index (χ1v) is 6.59. The van der Waals surface area contributed by atoms with Gasteiger partial charge in [-0.15, -0.1) is 0 Å². The Morgan fingerprint density at radius 1 is 1.21 bits per heavy atom. The van der Waals surface area contributed by atoms with Gasteiger partial charge in [-0.3, -0.25) is 0 Å². The van der Waals surface area contributed by atoms with Crippen LogP contribution in [0, 0.1) is 21.0 Å². The number of anilines is 1. The zero-order valence-corrected chi connectivity index (χ0v) is 12.4. The molecule has 2 aromatic rings. The van der Waals surface area contributed by atoms with Crippen molar-refractivity contribution in [2.45, 2.75) is 19.8 Å². The summed E-state index contributed by atoms with van der Waals surface area (Å²) < 4.78 is 41.3. The van der Waals surface area contributed by atoms with Gasteiger partial charge in [0.15, 0.2) is 17.5 Å². The highest BCUT2D eigenvalue weighted by atomic mass is 127. The third kappa shape index (κ3) is 2.43. The molecule has 2 N–H and O–H groups in total. The van der Waals surface area contributed by atoms with Crippen molar-refractivity contribution in [3.05, 3.63) is 38.8 Å². The van der Waals surface area contributed by atoms with E-state index < -0.39 is 17.5 Å². The van der Waals surface area contributed by atoms with E-state index in [1.807, 2.05) is 36.4 Å². The molecule has 19 heavy (non-hydrogen) atoms. The summed E-state index contributed by atoms with van der Waals surface area (Å²) in [7, 11) is 0. The lowest BCUT2D eigenvalue weighted by atomic mass is 10.1. The molecule has 0 saturated carbocycles. The molecular weight excluding hydrogens is 370 g/mol. The summed E-state index contributed by atoms with van der Waals surface area (Å²) in [5.74, 6) is -3.66. The summed E-state index contributed by atoms with van der Waals surface area (Å²) >= 11 is 2.02. The van der Waals surface area contributed by atoms with Crippen LogP contribution in [0.5, 0.6) is 0 Å². The van der Waals surface area contributed by atoms with Crippen molar-refractivity contribution >= 4 is 28.4 Å². The number of nitrogen functional groups attached to an aromatic ring is 1. The SMILES string of the molecule is CC(C)c1nn(-c2cc(F)c(F)c(F)c2)c(N)c1I. The van der Waals surface area contributed by atoms with Crippen molar-refractivity contribution in [1.82, 2.24) is 9.78 Å². The fourth-order valence-corrected chi connectivity index (χ4v) is 2.62. The maximum absolute atomic E-state index is 13.2. The summed E-state index contributed by atoms with van der Waals surface area (Å²) in [6.45, 7) is 3.86. The highest BCUT2D eigenvalue weighted by Gasteiger charge is 2.19. The Hall–Kier alpha value is -1.25. The van der Waals surface area contributed by atoms with Crippen molar-refractivity contribution in [1.29, 1.82) is 0 Å². The molecule has 102 valence electrons. The number of hydrogen-bond donors (Lipinski definition) is 1. The number of halogens is 4. The van der Waals surface area contributed by atoms with Crippen LogP contribution >= 0.6 is 22.6 Å². The molecule has 1 heterocycles. The third-order valence-corrected chi connectivity index (χ3v) is 3.75. The average Bonchev–Trinajstić information content (AvgIpc) is 2.63. The van der Waals surface area contributed by atoms with Crippen molar-refractivity contribution in [3.63, 3.8) is 0 Å². The van der Waals surface area contributed by atoms with Crippen molar-refractivity contribution in [2.24, 2.45) is 0 Å². The first-order chi connectivity index (χ1) is 8.82. The standard InChI is InChI=1S/C12H11F3IN3/c1-5(2)11-10(16)12(17)19(18-11)6-3-7(13)9(15)8(14)4-6/h3-5H,17H2,1-2H3. The number of nitrogens with two attached hydrogens (primary N) is 1. The Morgan fingerprint density at radius 3 is 2.16 bits per heavy atom. The molecule has 0 aliphatic carbocycles. The van der Waals surface area contributed by atoms with Crippen molar-refractivity contribution in [2.75, 3.05) is 5.73 Å². The molecule has 0 unspecified atom stereocenters. The van der Waals surface area contributed by atoms with Crippen LogP contribution in [0.4, 0.5) is 19.0 Å². The third-order valence-electron chi connectivity index (χ3n) is 2.65. The molecule has 7 heteroatoms. The summed E-state index contributed by atoms with van der Waals surface area (Å²) in [6.07, 6.45) is 0. The molecule has 2 rings (SSSR count). The lowest BCUT2D eigenvalue weighted by Gasteiger charge is -2.05. The summed E-state index contributed by atoms with van der Waals surface area (Å²) in [6, 6.07) is 1.73. The van der Waals surface area contributed by atoms with Gasteiger partial charge in [-0.05, 0) is 28.5 Å². The van der Waals surface area contributed by atoms with Crippen molar-refractivity contribution < 1.29 is 13.2 Å². The minimum Gasteiger partial charge on any atom is -0.383 e. The molecule has 0 fully saturated rings. The quantitative estimate of drug-likeness (QED) is 0.638. The average molecular weight is 381 g/mol. The molecular formula is C12H11F3IN3. The molecule has 0 aliphatic rings. The maximum Gasteiger partial charge on any atom is 0.194 e. The largest absolute Gasteiger partial charge is 0.383 e. The van der Waals surface area contributed by atoms with E-state index in [1.165, 1.54) is 4.68 Å². The Balaban J connectivity index is 2.63. The zero-order chi connectivity index (χ0) is 14.3. The smallest absolute Gasteiger partial charge is 0.194 e. The molecule has 1 aromatic carbocycles. The molecule has 0 saturated heterocycles. The predicted octanol–water partition coefficient (Wildman–Crippen LogP) is 3.60. The predicted molar refractivity (Wildman–Crippen MR) is 74.7 cm³/mol. The van der Waals surface area contributed by atoms with Gasteiger partial charge in [-0.1, -0.05) is 13.8 Å². The normalized spacial score (nSPS) is 11.3. The number of nitrogens with zero attached hydrogens (tertiary/aromatic N) is 2. The molecule has 0 radical (unpaired) electrons. The number of hydrogen-bond acceptors (Lipinski definition) is 2. The molecule has 1 aromatic heterocycles. The van der Waals surface area contributed by atoms with Crippen LogP contribution in [0.3, 0.4) is 0 Å². The van der Waals surface area contributed by atoms with Crippen LogP contribution in [0.1, 0.15) is 25.5 Å². The van der Waals surface area contributed by atoms with Gasteiger partial charge >= 0.3 is 0 Å². The number of rotatable bonds is 2. The maximum atomic E-state index is 13.2. The van der Waals surface area contributed by atoms with Gasteiger partial charge in [0.2, 0.25) is 0 Å². The van der Waals surface area contributed by atoms with E-state index in [-0.39, 0.29) is 17.4 Å². The second-order valence-corrected chi connectivity index (χ2v) is 5.45. The summed E-state index contributed by atoms with van der Waals surface area (Å²) in [5.41, 5.74) is 6.65. The van der Waals surface area contributed by atoms with E-state index in [4.69, 9.17) is 5.73 Å².